The van der Waals surface area contributed by atoms with Gasteiger partial charge in [0.25, 0.3) is 0 Å². The number of rotatable bonds is 3. The normalized spacial score (nSPS) is 14.7. The Morgan fingerprint density at radius 2 is 1.95 bits per heavy atom. The molecule has 1 aliphatic rings. The first-order chi connectivity index (χ1) is 10.7. The van der Waals surface area contributed by atoms with Crippen LogP contribution in [0.4, 0.5) is 5.82 Å². The van der Waals surface area contributed by atoms with Crippen LogP contribution in [0.1, 0.15) is 10.4 Å². The number of hydrogen-bond donors (Lipinski definition) is 1. The van der Waals surface area contributed by atoms with Crippen LogP contribution in [0.15, 0.2) is 42.6 Å². The molecule has 5 nitrogen and oxygen atoms in total. The van der Waals surface area contributed by atoms with Crippen molar-refractivity contribution in [2.75, 3.05) is 31.1 Å². The third-order valence-electron chi connectivity index (χ3n) is 3.43. The van der Waals surface area contributed by atoms with E-state index >= 15 is 0 Å². The smallest absolute Gasteiger partial charge is 0.345 e. The Bertz CT molecular complexity index is 658. The minimum atomic E-state index is -0.465. The maximum atomic E-state index is 12.1. The number of halogens is 1. The zero-order chi connectivity index (χ0) is 15.4. The highest BCUT2D eigenvalue weighted by Gasteiger charge is 2.17. The van der Waals surface area contributed by atoms with E-state index in [1.54, 1.807) is 30.3 Å². The van der Waals surface area contributed by atoms with Gasteiger partial charge in [-0.25, -0.2) is 9.78 Å². The molecule has 0 amide bonds. The minimum Gasteiger partial charge on any atom is -0.423 e. The predicted molar refractivity (Wildman–Crippen MR) is 85.7 cm³/mol. The maximum Gasteiger partial charge on any atom is 0.345 e. The minimum absolute atomic E-state index is 0.340. The van der Waals surface area contributed by atoms with Crippen molar-refractivity contribution in [2.24, 2.45) is 0 Å². The second-order valence-electron chi connectivity index (χ2n) is 4.97. The van der Waals surface area contributed by atoms with Gasteiger partial charge in [0, 0.05) is 32.4 Å². The van der Waals surface area contributed by atoms with Crippen molar-refractivity contribution >= 4 is 23.4 Å². The molecule has 2 heterocycles. The molecule has 0 aliphatic carbocycles. The number of hydrogen-bond acceptors (Lipinski definition) is 5. The van der Waals surface area contributed by atoms with Crippen molar-refractivity contribution in [2.45, 2.75) is 0 Å². The predicted octanol–water partition coefficient (Wildman–Crippen LogP) is 2.36. The number of nitrogens with one attached hydrogen (secondary N) is 1. The first-order valence-corrected chi connectivity index (χ1v) is 7.50. The Kier molecular flexibility index (Phi) is 4.56. The number of piperazine rings is 1. The molecule has 1 aromatic carbocycles. The fourth-order valence-corrected chi connectivity index (χ4v) is 2.59. The van der Waals surface area contributed by atoms with Gasteiger partial charge in [0.2, 0.25) is 0 Å². The largest absolute Gasteiger partial charge is 0.423 e. The van der Waals surface area contributed by atoms with E-state index in [0.717, 1.165) is 26.2 Å². The first-order valence-electron chi connectivity index (χ1n) is 7.12. The van der Waals surface area contributed by atoms with Gasteiger partial charge in [-0.1, -0.05) is 29.8 Å². The van der Waals surface area contributed by atoms with Crippen LogP contribution in [0.5, 0.6) is 5.75 Å². The molecule has 0 saturated carbocycles. The molecule has 0 radical (unpaired) electrons. The lowest BCUT2D eigenvalue weighted by Crippen LogP contribution is -2.44. The number of carbonyl (C=O) groups is 1. The number of ether oxygens (including phenoxy) is 1. The van der Waals surface area contributed by atoms with E-state index in [9.17, 15) is 4.79 Å². The van der Waals surface area contributed by atoms with Crippen LogP contribution in [0.2, 0.25) is 5.02 Å². The van der Waals surface area contributed by atoms with E-state index in [2.05, 4.69) is 15.2 Å². The Balaban J connectivity index is 1.75. The SMILES string of the molecule is O=C(Oc1ccccc1)c1cnc(N2CCNCC2)c(Cl)c1. The summed E-state index contributed by atoms with van der Waals surface area (Å²) in [5.41, 5.74) is 0.340. The molecule has 1 aliphatic heterocycles. The molecule has 0 unspecified atom stereocenters. The summed E-state index contributed by atoms with van der Waals surface area (Å²) < 4.78 is 5.28. The molecule has 6 heteroatoms. The third kappa shape index (κ3) is 3.37. The van der Waals surface area contributed by atoms with E-state index in [-0.39, 0.29) is 0 Å². The van der Waals surface area contributed by atoms with Gasteiger partial charge < -0.3 is 15.0 Å². The topological polar surface area (TPSA) is 54.5 Å². The number of benzene rings is 1. The second kappa shape index (κ2) is 6.77. The van der Waals surface area contributed by atoms with Crippen molar-refractivity contribution in [1.29, 1.82) is 0 Å². The molecule has 1 N–H and O–H groups in total. The Labute approximate surface area is 133 Å². The summed E-state index contributed by atoms with van der Waals surface area (Å²) in [5.74, 6) is 0.738. The maximum absolute atomic E-state index is 12.1. The Morgan fingerprint density at radius 3 is 2.64 bits per heavy atom. The number of carbonyl (C=O) groups excluding carboxylic acids is 1. The van der Waals surface area contributed by atoms with E-state index in [0.29, 0.717) is 22.2 Å². The molecular formula is C16H16ClN3O2. The third-order valence-corrected chi connectivity index (χ3v) is 3.71. The summed E-state index contributed by atoms with van der Waals surface area (Å²) in [6, 6.07) is 10.5. The highest BCUT2D eigenvalue weighted by Crippen LogP contribution is 2.25. The lowest BCUT2D eigenvalue weighted by Gasteiger charge is -2.29. The summed E-state index contributed by atoms with van der Waals surface area (Å²) in [7, 11) is 0. The molecule has 1 fully saturated rings. The zero-order valence-corrected chi connectivity index (χ0v) is 12.7. The van der Waals surface area contributed by atoms with E-state index < -0.39 is 5.97 Å². The van der Waals surface area contributed by atoms with Crippen LogP contribution in [0.25, 0.3) is 0 Å². The molecule has 1 saturated heterocycles. The van der Waals surface area contributed by atoms with Crippen LogP contribution in [-0.2, 0) is 0 Å². The number of nitrogens with zero attached hydrogens (tertiary/aromatic N) is 2. The number of pyridine rings is 1. The van der Waals surface area contributed by atoms with Gasteiger partial charge in [0.15, 0.2) is 0 Å². The standard InChI is InChI=1S/C16H16ClN3O2/c17-14-10-12(16(21)22-13-4-2-1-3-5-13)11-19-15(14)20-8-6-18-7-9-20/h1-5,10-11,18H,6-9H2. The lowest BCUT2D eigenvalue weighted by molar-refractivity contribution is 0.0734. The van der Waals surface area contributed by atoms with Crippen molar-refractivity contribution in [3.8, 4) is 5.75 Å². The van der Waals surface area contributed by atoms with Gasteiger partial charge in [-0.2, -0.15) is 0 Å². The number of anilines is 1. The van der Waals surface area contributed by atoms with E-state index in [1.165, 1.54) is 6.20 Å². The van der Waals surface area contributed by atoms with Gasteiger partial charge in [0.05, 0.1) is 10.6 Å². The molecule has 0 bridgehead atoms. The first kappa shape index (κ1) is 14.8. The molecule has 3 rings (SSSR count). The molecule has 22 heavy (non-hydrogen) atoms. The van der Waals surface area contributed by atoms with Crippen molar-refractivity contribution in [1.82, 2.24) is 10.3 Å². The number of para-hydroxylation sites is 1. The molecular weight excluding hydrogens is 302 g/mol. The summed E-state index contributed by atoms with van der Waals surface area (Å²) in [5, 5.41) is 3.74. The summed E-state index contributed by atoms with van der Waals surface area (Å²) in [6.07, 6.45) is 1.51. The molecule has 1 aromatic heterocycles. The summed E-state index contributed by atoms with van der Waals surface area (Å²) in [4.78, 5) is 18.5. The van der Waals surface area contributed by atoms with Crippen LogP contribution < -0.4 is 15.0 Å². The highest BCUT2D eigenvalue weighted by atomic mass is 35.5. The van der Waals surface area contributed by atoms with Crippen molar-refractivity contribution in [3.05, 3.63) is 53.2 Å². The fourth-order valence-electron chi connectivity index (χ4n) is 2.31. The zero-order valence-electron chi connectivity index (χ0n) is 12.0. The van der Waals surface area contributed by atoms with E-state index in [4.69, 9.17) is 16.3 Å². The van der Waals surface area contributed by atoms with Gasteiger partial charge >= 0.3 is 5.97 Å². The molecule has 0 spiro atoms. The van der Waals surface area contributed by atoms with Crippen molar-refractivity contribution < 1.29 is 9.53 Å². The van der Waals surface area contributed by atoms with Crippen LogP contribution in [0, 0.1) is 0 Å². The summed E-state index contributed by atoms with van der Waals surface area (Å²) >= 11 is 6.28. The van der Waals surface area contributed by atoms with Gasteiger partial charge in [-0.05, 0) is 18.2 Å². The number of esters is 1. The Hall–Kier alpha value is -2.11. The van der Waals surface area contributed by atoms with E-state index in [1.807, 2.05) is 6.07 Å². The monoisotopic (exact) mass is 317 g/mol. The molecule has 0 atom stereocenters. The molecule has 114 valence electrons. The van der Waals surface area contributed by atoms with Crippen LogP contribution in [-0.4, -0.2) is 37.1 Å². The fraction of sp³-hybridized carbons (Fsp3) is 0.250. The van der Waals surface area contributed by atoms with Gasteiger partial charge in [-0.15, -0.1) is 0 Å². The van der Waals surface area contributed by atoms with Gasteiger partial charge in [-0.3, -0.25) is 0 Å². The highest BCUT2D eigenvalue weighted by molar-refractivity contribution is 6.33. The lowest BCUT2D eigenvalue weighted by atomic mass is 10.2. The average molecular weight is 318 g/mol. The average Bonchev–Trinajstić information content (AvgIpc) is 2.56. The van der Waals surface area contributed by atoms with Gasteiger partial charge in [0.1, 0.15) is 11.6 Å². The molecule has 2 aromatic rings. The van der Waals surface area contributed by atoms with Crippen molar-refractivity contribution in [3.63, 3.8) is 0 Å². The second-order valence-corrected chi connectivity index (χ2v) is 5.38. The number of aromatic nitrogens is 1. The quantitative estimate of drug-likeness (QED) is 0.696. The Morgan fingerprint density at radius 1 is 1.23 bits per heavy atom. The van der Waals surface area contributed by atoms with Crippen LogP contribution in [0.3, 0.4) is 0 Å². The summed E-state index contributed by atoms with van der Waals surface area (Å²) in [6.45, 7) is 3.49. The van der Waals surface area contributed by atoms with Crippen LogP contribution >= 0.6 is 11.6 Å².